The Balaban J connectivity index is 1.80. The van der Waals surface area contributed by atoms with Gasteiger partial charge in [-0.2, -0.15) is 5.26 Å². The number of piperidine rings is 1. The van der Waals surface area contributed by atoms with E-state index in [0.29, 0.717) is 64.6 Å². The van der Waals surface area contributed by atoms with Gasteiger partial charge in [-0.15, -0.1) is 0 Å². The largest absolute Gasteiger partial charge is 0.467 e. The number of hydrogen-bond acceptors (Lipinski definition) is 9. The van der Waals surface area contributed by atoms with Crippen molar-refractivity contribution in [3.05, 3.63) is 56.1 Å². The number of rotatable bonds is 7. The lowest BCUT2D eigenvalue weighted by molar-refractivity contribution is -0.148. The zero-order valence-corrected chi connectivity index (χ0v) is 22.6. The maximum atomic E-state index is 13.3. The molecule has 0 radical (unpaired) electrons. The van der Waals surface area contributed by atoms with Crippen LogP contribution in [0, 0.1) is 24.2 Å². The van der Waals surface area contributed by atoms with Crippen molar-refractivity contribution >= 4 is 52.1 Å². The van der Waals surface area contributed by atoms with Crippen LogP contribution in [0.25, 0.3) is 6.08 Å². The number of pyridine rings is 1. The van der Waals surface area contributed by atoms with E-state index >= 15 is 0 Å². The Hall–Kier alpha value is -3.36. The number of amides is 1. The third-order valence-corrected chi connectivity index (χ3v) is 7.92. The maximum Gasteiger partial charge on any atom is 0.310 e. The summed E-state index contributed by atoms with van der Waals surface area (Å²) in [5, 5.41) is 9.79. The number of nitriles is 1. The molecule has 0 spiro atoms. The van der Waals surface area contributed by atoms with Gasteiger partial charge in [-0.1, -0.05) is 24.0 Å². The molecule has 0 aliphatic carbocycles. The lowest BCUT2D eigenvalue weighted by atomic mass is 9.96. The maximum absolute atomic E-state index is 13.3. The summed E-state index contributed by atoms with van der Waals surface area (Å²) in [5.74, 6) is 0.341. The molecule has 0 saturated carbocycles. The summed E-state index contributed by atoms with van der Waals surface area (Å²) in [6.07, 6.45) is 4.69. The number of carbonyl (C=O) groups is 2. The van der Waals surface area contributed by atoms with Crippen LogP contribution in [0.1, 0.15) is 49.1 Å². The molecule has 1 amide bonds. The number of hydrogen-bond donors (Lipinski definition) is 0. The van der Waals surface area contributed by atoms with Crippen LogP contribution in [0.5, 0.6) is 0 Å². The first-order chi connectivity index (χ1) is 17.8. The van der Waals surface area contributed by atoms with Gasteiger partial charge in [-0.3, -0.25) is 23.9 Å². The van der Waals surface area contributed by atoms with Crippen LogP contribution in [-0.4, -0.2) is 45.4 Å². The normalized spacial score (nSPS) is 19.0. The van der Waals surface area contributed by atoms with Crippen molar-refractivity contribution in [2.75, 3.05) is 24.6 Å². The number of aromatic nitrogens is 1. The van der Waals surface area contributed by atoms with Crippen molar-refractivity contribution < 1.29 is 18.7 Å². The molecule has 194 valence electrons. The molecule has 1 unspecified atom stereocenters. The SMILES string of the molecule is CCOC(=O)C1CCCN(c2c(/C=C3/SC(=S)N(Cc4ccco4)C3=O)c(C)c(C#N)c(=O)n2CC)C1. The first kappa shape index (κ1) is 26.7. The number of esters is 1. The molecule has 1 atom stereocenters. The molecule has 4 rings (SSSR count). The predicted octanol–water partition coefficient (Wildman–Crippen LogP) is 3.82. The fourth-order valence-electron chi connectivity index (χ4n) is 4.73. The quantitative estimate of drug-likeness (QED) is 0.294. The standard InChI is InChI=1S/C26H28N4O5S2/c1-4-29-22(28-10-6-8-17(14-28)25(33)34-5-2)19(16(3)20(13-27)23(29)31)12-21-24(32)30(26(36)37-21)15-18-9-7-11-35-18/h7,9,11-12,17H,4-6,8,10,14-15H2,1-3H3/b21-12+. The van der Waals surface area contributed by atoms with E-state index in [1.54, 1.807) is 36.6 Å². The second-order valence-corrected chi connectivity index (χ2v) is 10.5. The molecule has 37 heavy (non-hydrogen) atoms. The van der Waals surface area contributed by atoms with Gasteiger partial charge in [0.25, 0.3) is 11.5 Å². The van der Waals surface area contributed by atoms with Crippen LogP contribution < -0.4 is 10.5 Å². The third kappa shape index (κ3) is 5.22. The van der Waals surface area contributed by atoms with Crippen molar-refractivity contribution in [1.29, 1.82) is 5.26 Å². The van der Waals surface area contributed by atoms with Crippen LogP contribution in [0.4, 0.5) is 5.82 Å². The Morgan fingerprint density at radius 3 is 2.81 bits per heavy atom. The van der Waals surface area contributed by atoms with Gasteiger partial charge >= 0.3 is 5.97 Å². The van der Waals surface area contributed by atoms with E-state index in [9.17, 15) is 19.6 Å². The second kappa shape index (κ2) is 11.4. The van der Waals surface area contributed by atoms with Gasteiger partial charge < -0.3 is 14.1 Å². The molecule has 11 heteroatoms. The highest BCUT2D eigenvalue weighted by molar-refractivity contribution is 8.26. The van der Waals surface area contributed by atoms with Gasteiger partial charge in [0.1, 0.15) is 27.5 Å². The Kier molecular flexibility index (Phi) is 8.19. The minimum Gasteiger partial charge on any atom is -0.467 e. The first-order valence-corrected chi connectivity index (χ1v) is 13.4. The van der Waals surface area contributed by atoms with E-state index in [4.69, 9.17) is 21.4 Å². The number of anilines is 1. The molecule has 2 aliphatic rings. The third-order valence-electron chi connectivity index (χ3n) is 6.55. The fourth-order valence-corrected chi connectivity index (χ4v) is 5.96. The van der Waals surface area contributed by atoms with Crippen LogP contribution in [0.15, 0.2) is 32.5 Å². The topological polar surface area (TPSA) is 109 Å². The molecule has 2 saturated heterocycles. The average Bonchev–Trinajstić information content (AvgIpc) is 3.50. The average molecular weight is 541 g/mol. The van der Waals surface area contributed by atoms with Gasteiger partial charge in [-0.25, -0.2) is 0 Å². The smallest absolute Gasteiger partial charge is 0.310 e. The van der Waals surface area contributed by atoms with E-state index < -0.39 is 5.56 Å². The van der Waals surface area contributed by atoms with Gasteiger partial charge in [0.2, 0.25) is 0 Å². The summed E-state index contributed by atoms with van der Waals surface area (Å²) < 4.78 is 12.6. The first-order valence-electron chi connectivity index (χ1n) is 12.2. The molecule has 2 aliphatic heterocycles. The van der Waals surface area contributed by atoms with Crippen molar-refractivity contribution in [1.82, 2.24) is 9.47 Å². The van der Waals surface area contributed by atoms with E-state index in [-0.39, 0.29) is 29.9 Å². The summed E-state index contributed by atoms with van der Waals surface area (Å²) in [6, 6.07) is 5.56. The van der Waals surface area contributed by atoms with Crippen molar-refractivity contribution in [3.63, 3.8) is 0 Å². The van der Waals surface area contributed by atoms with E-state index in [1.807, 2.05) is 17.9 Å². The second-order valence-electron chi connectivity index (χ2n) is 8.78. The number of ether oxygens (including phenoxy) is 1. The van der Waals surface area contributed by atoms with E-state index in [1.165, 1.54) is 22.9 Å². The Morgan fingerprint density at radius 2 is 2.16 bits per heavy atom. The molecule has 4 heterocycles. The Labute approximate surface area is 224 Å². The molecule has 9 nitrogen and oxygen atoms in total. The number of carbonyl (C=O) groups excluding carboxylic acids is 2. The highest BCUT2D eigenvalue weighted by Gasteiger charge is 2.35. The molecular weight excluding hydrogens is 512 g/mol. The summed E-state index contributed by atoms with van der Waals surface area (Å²) in [6.45, 7) is 7.17. The lowest BCUT2D eigenvalue weighted by Gasteiger charge is -2.36. The number of thiocarbonyl (C=S) groups is 1. The Bertz CT molecular complexity index is 1360. The van der Waals surface area contributed by atoms with Crippen molar-refractivity contribution in [2.24, 2.45) is 5.92 Å². The minimum atomic E-state index is -0.390. The van der Waals surface area contributed by atoms with Gasteiger partial charge in [0.15, 0.2) is 0 Å². The van der Waals surface area contributed by atoms with E-state index in [0.717, 1.165) is 6.42 Å². The molecule has 2 aromatic heterocycles. The minimum absolute atomic E-state index is 0.0295. The number of thioether (sulfide) groups is 1. The highest BCUT2D eigenvalue weighted by Crippen LogP contribution is 2.37. The Morgan fingerprint density at radius 1 is 1.38 bits per heavy atom. The van der Waals surface area contributed by atoms with Crippen LogP contribution in [0.2, 0.25) is 0 Å². The number of nitrogens with zero attached hydrogens (tertiary/aromatic N) is 4. The van der Waals surface area contributed by atoms with Gasteiger partial charge in [0, 0.05) is 25.2 Å². The summed E-state index contributed by atoms with van der Waals surface area (Å²) in [5.41, 5.74) is 0.725. The zero-order chi connectivity index (χ0) is 26.7. The highest BCUT2D eigenvalue weighted by atomic mass is 32.2. The summed E-state index contributed by atoms with van der Waals surface area (Å²) in [4.78, 5) is 43.0. The lowest BCUT2D eigenvalue weighted by Crippen LogP contribution is -2.43. The predicted molar refractivity (Wildman–Crippen MR) is 145 cm³/mol. The molecule has 2 aromatic rings. The summed E-state index contributed by atoms with van der Waals surface area (Å²) in [7, 11) is 0. The molecule has 2 fully saturated rings. The number of furan rings is 1. The monoisotopic (exact) mass is 540 g/mol. The van der Waals surface area contributed by atoms with Gasteiger partial charge in [-0.05, 0) is 57.4 Å². The zero-order valence-electron chi connectivity index (χ0n) is 21.0. The van der Waals surface area contributed by atoms with Crippen LogP contribution in [-0.2, 0) is 27.4 Å². The van der Waals surface area contributed by atoms with Crippen molar-refractivity contribution in [3.8, 4) is 6.07 Å². The fraction of sp³-hybridized carbons (Fsp3) is 0.423. The van der Waals surface area contributed by atoms with Gasteiger partial charge in [0.05, 0.1) is 30.2 Å². The van der Waals surface area contributed by atoms with Crippen LogP contribution >= 0.6 is 24.0 Å². The molecule has 0 bridgehead atoms. The molecule has 0 aromatic carbocycles. The summed E-state index contributed by atoms with van der Waals surface area (Å²) >= 11 is 6.65. The van der Waals surface area contributed by atoms with Crippen LogP contribution in [0.3, 0.4) is 0 Å². The molecule has 0 N–H and O–H groups in total. The van der Waals surface area contributed by atoms with Crippen molar-refractivity contribution in [2.45, 2.75) is 46.7 Å². The molecular formula is C26H28N4O5S2. The van der Waals surface area contributed by atoms with E-state index in [2.05, 4.69) is 0 Å².